The highest BCUT2D eigenvalue weighted by molar-refractivity contribution is 6.23. The Morgan fingerprint density at radius 1 is 1.00 bits per heavy atom. The molecule has 3 N–H and O–H groups in total. The van der Waals surface area contributed by atoms with Gasteiger partial charge in [0, 0.05) is 63.7 Å². The van der Waals surface area contributed by atoms with Crippen molar-refractivity contribution in [3.8, 4) is 5.75 Å². The standard InChI is InChI=1S/C41H46F2N10O7/c1-22(2)52-21-41(42,43)39(59)49(3)31-17-44-40(47-34(31)52)45-29-8-6-25(16-32(29)60-4)35(55)48-51-13-11-23(12-14-51)18-50-19-26(20-50)24-5-7-27-28(15-24)38(58)53(37(27)57)30-9-10-33(54)46-36(30)56/h5-8,15-17,22-23,26,30H,9-14,18-21H2,1-4H3,(H,48,55)(H,44,45,47)(H,46,54,56). The molecule has 3 saturated heterocycles. The van der Waals surface area contributed by atoms with E-state index in [1.807, 2.05) is 11.1 Å². The van der Waals surface area contributed by atoms with E-state index in [1.54, 1.807) is 44.2 Å². The smallest absolute Gasteiger partial charge is 0.342 e. The van der Waals surface area contributed by atoms with E-state index in [1.165, 1.54) is 25.3 Å². The molecule has 17 nitrogen and oxygen atoms in total. The molecule has 1 atom stereocenters. The van der Waals surface area contributed by atoms with E-state index >= 15 is 0 Å². The van der Waals surface area contributed by atoms with E-state index in [2.05, 4.69) is 30.9 Å². The number of amides is 6. The monoisotopic (exact) mass is 828 g/mol. The molecule has 3 fully saturated rings. The van der Waals surface area contributed by atoms with E-state index in [0.717, 1.165) is 47.8 Å². The fourth-order valence-electron chi connectivity index (χ4n) is 8.54. The van der Waals surface area contributed by atoms with Crippen molar-refractivity contribution >= 4 is 58.6 Å². The fraction of sp³-hybridized carbons (Fsp3) is 0.463. The molecule has 1 unspecified atom stereocenters. The Kier molecular flexibility index (Phi) is 10.7. The van der Waals surface area contributed by atoms with Crippen molar-refractivity contribution in [2.75, 3.05) is 68.5 Å². The largest absolute Gasteiger partial charge is 0.495 e. The number of halogens is 2. The zero-order valence-electron chi connectivity index (χ0n) is 33.7. The van der Waals surface area contributed by atoms with Crippen LogP contribution >= 0.6 is 0 Å². The van der Waals surface area contributed by atoms with Gasteiger partial charge < -0.3 is 24.8 Å². The number of hydrogen-bond acceptors (Lipinski definition) is 13. The van der Waals surface area contributed by atoms with Gasteiger partial charge in [-0.25, -0.2) is 9.99 Å². The summed E-state index contributed by atoms with van der Waals surface area (Å²) in [6, 6.07) is 8.80. The number of alkyl halides is 2. The van der Waals surface area contributed by atoms with E-state index in [4.69, 9.17) is 4.74 Å². The van der Waals surface area contributed by atoms with Crippen LogP contribution in [-0.4, -0.2) is 132 Å². The van der Waals surface area contributed by atoms with Crippen LogP contribution in [0.25, 0.3) is 0 Å². The molecule has 0 aliphatic carbocycles. The average Bonchev–Trinajstić information content (AvgIpc) is 3.41. The summed E-state index contributed by atoms with van der Waals surface area (Å²) in [4.78, 5) is 90.6. The van der Waals surface area contributed by atoms with Gasteiger partial charge in [-0.05, 0) is 74.9 Å². The van der Waals surface area contributed by atoms with E-state index in [0.29, 0.717) is 41.6 Å². The highest BCUT2D eigenvalue weighted by atomic mass is 19.3. The highest BCUT2D eigenvalue weighted by Gasteiger charge is 2.48. The van der Waals surface area contributed by atoms with Crippen LogP contribution in [0.1, 0.15) is 82.1 Å². The molecule has 5 aliphatic heterocycles. The van der Waals surface area contributed by atoms with Gasteiger partial charge in [0.05, 0.1) is 36.7 Å². The van der Waals surface area contributed by atoms with Crippen molar-refractivity contribution in [2.24, 2.45) is 5.92 Å². The predicted octanol–water partition coefficient (Wildman–Crippen LogP) is 2.91. The lowest BCUT2D eigenvalue weighted by Gasteiger charge is -2.43. The number of hydrogen-bond donors (Lipinski definition) is 3. The summed E-state index contributed by atoms with van der Waals surface area (Å²) in [6.45, 7) is 6.52. The number of fused-ring (bicyclic) bond motifs is 2. The van der Waals surface area contributed by atoms with Crippen LogP contribution in [0, 0.1) is 5.92 Å². The molecule has 0 spiro atoms. The van der Waals surface area contributed by atoms with Crippen LogP contribution in [0.5, 0.6) is 5.75 Å². The zero-order chi connectivity index (χ0) is 42.6. The van der Waals surface area contributed by atoms with Crippen LogP contribution in [0.2, 0.25) is 0 Å². The molecule has 19 heteroatoms. The van der Waals surface area contributed by atoms with Crippen LogP contribution in [0.15, 0.2) is 42.6 Å². The third-order valence-corrected chi connectivity index (χ3v) is 12.0. The van der Waals surface area contributed by atoms with E-state index in [9.17, 15) is 37.5 Å². The predicted molar refractivity (Wildman–Crippen MR) is 213 cm³/mol. The maximum absolute atomic E-state index is 14.7. The first kappa shape index (κ1) is 40.7. The van der Waals surface area contributed by atoms with Gasteiger partial charge in [-0.1, -0.05) is 6.07 Å². The zero-order valence-corrected chi connectivity index (χ0v) is 33.7. The number of piperidine rings is 2. The van der Waals surface area contributed by atoms with Crippen molar-refractivity contribution < 1.29 is 42.3 Å². The van der Waals surface area contributed by atoms with Crippen LogP contribution < -0.4 is 30.6 Å². The minimum Gasteiger partial charge on any atom is -0.495 e. The molecule has 5 aliphatic rings. The van der Waals surface area contributed by atoms with Gasteiger partial charge in [0.2, 0.25) is 17.8 Å². The van der Waals surface area contributed by atoms with Gasteiger partial charge in [0.1, 0.15) is 17.5 Å². The summed E-state index contributed by atoms with van der Waals surface area (Å²) < 4.78 is 35.1. The lowest BCUT2D eigenvalue weighted by molar-refractivity contribution is -0.140. The summed E-state index contributed by atoms with van der Waals surface area (Å²) in [5.74, 6) is -6.07. The first-order valence-electron chi connectivity index (χ1n) is 20.0. The fourth-order valence-corrected chi connectivity index (χ4v) is 8.54. The van der Waals surface area contributed by atoms with Gasteiger partial charge in [0.15, 0.2) is 5.82 Å². The number of likely N-dealkylation sites (tertiary alicyclic amines) is 1. The normalized spacial score (nSPS) is 21.4. The average molecular weight is 829 g/mol. The molecule has 0 saturated carbocycles. The second-order valence-corrected chi connectivity index (χ2v) is 16.3. The minimum atomic E-state index is -3.61. The quantitative estimate of drug-likeness (QED) is 0.254. The van der Waals surface area contributed by atoms with Crippen molar-refractivity contribution in [2.45, 2.75) is 63.5 Å². The number of benzene rings is 2. The molecule has 6 heterocycles. The molecule has 60 heavy (non-hydrogen) atoms. The number of carbonyl (C=O) groups is 6. The topological polar surface area (TPSA) is 190 Å². The Morgan fingerprint density at radius 2 is 1.73 bits per heavy atom. The Hall–Kier alpha value is -6.08. The maximum Gasteiger partial charge on any atom is 0.342 e. The first-order valence-corrected chi connectivity index (χ1v) is 20.0. The Labute approximate surface area is 344 Å². The maximum atomic E-state index is 14.7. The number of anilines is 4. The second kappa shape index (κ2) is 15.8. The molecule has 316 valence electrons. The first-order chi connectivity index (χ1) is 28.6. The van der Waals surface area contributed by atoms with Gasteiger partial charge in [-0.3, -0.25) is 44.4 Å². The van der Waals surface area contributed by atoms with Crippen molar-refractivity contribution in [3.63, 3.8) is 0 Å². The van der Waals surface area contributed by atoms with Crippen LogP contribution in [0.3, 0.4) is 0 Å². The third-order valence-electron chi connectivity index (χ3n) is 12.0. The molecular weight excluding hydrogens is 783 g/mol. The number of ether oxygens (including phenoxy) is 1. The number of hydrazine groups is 1. The molecular formula is C41H46F2N10O7. The SMILES string of the molecule is COc1cc(C(=O)NN2CCC(CN3CC(c4ccc5c(c4)C(=O)N(C4CCC(=O)NC4=O)C5=O)C3)CC2)ccc1Nc1ncc2c(n1)N(C(C)C)CC(F)(F)C(=O)N2C. The lowest BCUT2D eigenvalue weighted by Crippen LogP contribution is -2.54. The summed E-state index contributed by atoms with van der Waals surface area (Å²) >= 11 is 0. The molecule has 3 aromatic rings. The molecule has 6 amide bonds. The van der Waals surface area contributed by atoms with Gasteiger partial charge >= 0.3 is 5.92 Å². The van der Waals surface area contributed by atoms with Crippen LogP contribution in [-0.2, 0) is 14.4 Å². The Balaban J connectivity index is 0.820. The number of imide groups is 2. The number of nitrogens with zero attached hydrogens (tertiary/aromatic N) is 7. The van der Waals surface area contributed by atoms with E-state index < -0.39 is 48.0 Å². The minimum absolute atomic E-state index is 0.0703. The number of rotatable bonds is 10. The molecule has 2 aromatic carbocycles. The highest BCUT2D eigenvalue weighted by Crippen LogP contribution is 2.38. The Bertz CT molecular complexity index is 2280. The van der Waals surface area contributed by atoms with Gasteiger partial charge in [0.25, 0.3) is 23.6 Å². The van der Waals surface area contributed by atoms with Gasteiger partial charge in [-0.15, -0.1) is 0 Å². The molecule has 0 radical (unpaired) electrons. The number of nitrogens with one attached hydrogen (secondary N) is 3. The van der Waals surface area contributed by atoms with Crippen molar-refractivity contribution in [1.29, 1.82) is 0 Å². The van der Waals surface area contributed by atoms with Crippen LogP contribution in [0.4, 0.5) is 31.9 Å². The third kappa shape index (κ3) is 7.62. The van der Waals surface area contributed by atoms with Gasteiger partial charge in [-0.2, -0.15) is 13.8 Å². The summed E-state index contributed by atoms with van der Waals surface area (Å²) in [7, 11) is 2.73. The summed E-state index contributed by atoms with van der Waals surface area (Å²) in [5, 5.41) is 7.19. The summed E-state index contributed by atoms with van der Waals surface area (Å²) in [5.41, 5.74) is 5.50. The Morgan fingerprint density at radius 3 is 2.43 bits per heavy atom. The number of aromatic nitrogens is 2. The van der Waals surface area contributed by atoms with E-state index in [-0.39, 0.29) is 53.7 Å². The molecule has 8 rings (SSSR count). The lowest BCUT2D eigenvalue weighted by atomic mass is 9.87. The number of carbonyl (C=O) groups excluding carboxylic acids is 6. The second-order valence-electron chi connectivity index (χ2n) is 16.3. The summed E-state index contributed by atoms with van der Waals surface area (Å²) in [6.07, 6.45) is 3.28. The number of methoxy groups -OCH3 is 1. The van der Waals surface area contributed by atoms with Crippen molar-refractivity contribution in [3.05, 3.63) is 64.8 Å². The molecule has 0 bridgehead atoms. The molecule has 1 aromatic heterocycles. The van der Waals surface area contributed by atoms with Crippen molar-refractivity contribution in [1.82, 2.24) is 35.5 Å².